The Hall–Kier alpha value is -2.73. The predicted octanol–water partition coefficient (Wildman–Crippen LogP) is 4.63. The van der Waals surface area contributed by atoms with E-state index in [1.165, 1.54) is 12.1 Å². The highest BCUT2D eigenvalue weighted by Gasteiger charge is 2.32. The van der Waals surface area contributed by atoms with Gasteiger partial charge in [-0.05, 0) is 49.2 Å². The number of hydrogen-bond donors (Lipinski definition) is 2. The molecule has 0 fully saturated rings. The number of hydrazine groups is 1. The summed E-state index contributed by atoms with van der Waals surface area (Å²) >= 11 is 1.65. The largest absolute Gasteiger partial charge is 0.299 e. The van der Waals surface area contributed by atoms with E-state index in [1.807, 2.05) is 24.3 Å². The number of thiazole rings is 1. The fourth-order valence-corrected chi connectivity index (χ4v) is 4.33. The number of nitrogens with one attached hydrogen (secondary N) is 2. The zero-order valence-corrected chi connectivity index (χ0v) is 14.8. The summed E-state index contributed by atoms with van der Waals surface area (Å²) in [6.45, 7) is 0. The Balaban J connectivity index is 1.50. The number of halogens is 1. The van der Waals surface area contributed by atoms with Crippen LogP contribution in [-0.4, -0.2) is 10.9 Å². The molecule has 132 valence electrons. The first-order valence-electron chi connectivity index (χ1n) is 8.52. The molecule has 2 N–H and O–H groups in total. The molecule has 1 heterocycles. The van der Waals surface area contributed by atoms with E-state index in [1.54, 1.807) is 23.5 Å². The van der Waals surface area contributed by atoms with Gasteiger partial charge in [0.2, 0.25) is 5.91 Å². The third-order valence-electron chi connectivity index (χ3n) is 4.57. The SMILES string of the molecule is O=C(NNc1ccc(F)cc1)[C@H]1CC=CC[C@@H]1c1nc2ccccc2s1. The number of aromatic nitrogens is 1. The zero-order valence-electron chi connectivity index (χ0n) is 14.0. The first-order chi connectivity index (χ1) is 12.7. The number of hydrogen-bond acceptors (Lipinski definition) is 4. The lowest BCUT2D eigenvalue weighted by Crippen LogP contribution is -2.38. The van der Waals surface area contributed by atoms with Gasteiger partial charge in [-0.15, -0.1) is 11.3 Å². The van der Waals surface area contributed by atoms with Crippen LogP contribution in [0.2, 0.25) is 0 Å². The molecule has 26 heavy (non-hydrogen) atoms. The Bertz CT molecular complexity index is 918. The maximum Gasteiger partial charge on any atom is 0.242 e. The topological polar surface area (TPSA) is 54.0 Å². The van der Waals surface area contributed by atoms with E-state index in [2.05, 4.69) is 23.0 Å². The van der Waals surface area contributed by atoms with Gasteiger partial charge in [-0.25, -0.2) is 9.37 Å². The van der Waals surface area contributed by atoms with Gasteiger partial charge in [0.25, 0.3) is 0 Å². The van der Waals surface area contributed by atoms with E-state index in [0.717, 1.165) is 21.6 Å². The molecular weight excluding hydrogens is 349 g/mol. The predicted molar refractivity (Wildman–Crippen MR) is 102 cm³/mol. The van der Waals surface area contributed by atoms with Gasteiger partial charge in [0.15, 0.2) is 0 Å². The summed E-state index contributed by atoms with van der Waals surface area (Å²) in [6, 6.07) is 13.9. The molecule has 1 amide bonds. The van der Waals surface area contributed by atoms with Crippen molar-refractivity contribution in [2.75, 3.05) is 5.43 Å². The molecule has 4 rings (SSSR count). The van der Waals surface area contributed by atoms with Crippen molar-refractivity contribution in [2.24, 2.45) is 5.92 Å². The third kappa shape index (κ3) is 3.46. The van der Waals surface area contributed by atoms with Gasteiger partial charge in [0, 0.05) is 5.92 Å². The van der Waals surface area contributed by atoms with E-state index in [4.69, 9.17) is 4.98 Å². The molecule has 0 saturated carbocycles. The van der Waals surface area contributed by atoms with Crippen molar-refractivity contribution in [2.45, 2.75) is 18.8 Å². The molecule has 2 atom stereocenters. The number of anilines is 1. The molecule has 0 aliphatic heterocycles. The first kappa shape index (κ1) is 16.7. The van der Waals surface area contributed by atoms with E-state index < -0.39 is 0 Å². The minimum Gasteiger partial charge on any atom is -0.299 e. The lowest BCUT2D eigenvalue weighted by atomic mass is 9.83. The summed E-state index contributed by atoms with van der Waals surface area (Å²) in [5, 5.41) is 0.998. The molecule has 1 aromatic heterocycles. The molecule has 0 saturated heterocycles. The van der Waals surface area contributed by atoms with Crippen LogP contribution in [0.1, 0.15) is 23.8 Å². The second kappa shape index (κ2) is 7.25. The van der Waals surface area contributed by atoms with Gasteiger partial charge < -0.3 is 0 Å². The number of para-hydroxylation sites is 1. The number of benzene rings is 2. The average molecular weight is 367 g/mol. The summed E-state index contributed by atoms with van der Waals surface area (Å²) < 4.78 is 14.1. The number of amides is 1. The van der Waals surface area contributed by atoms with Crippen LogP contribution in [-0.2, 0) is 4.79 Å². The lowest BCUT2D eigenvalue weighted by molar-refractivity contribution is -0.125. The van der Waals surface area contributed by atoms with Crippen LogP contribution in [0.15, 0.2) is 60.7 Å². The quantitative estimate of drug-likeness (QED) is 0.522. The number of carbonyl (C=O) groups excluding carboxylic acids is 1. The van der Waals surface area contributed by atoms with E-state index in [0.29, 0.717) is 12.1 Å². The number of nitrogens with zero attached hydrogens (tertiary/aromatic N) is 1. The summed E-state index contributed by atoms with van der Waals surface area (Å²) in [5.74, 6) is -0.515. The Morgan fingerprint density at radius 3 is 2.65 bits per heavy atom. The fraction of sp³-hybridized carbons (Fsp3) is 0.200. The second-order valence-corrected chi connectivity index (χ2v) is 7.36. The van der Waals surface area contributed by atoms with Crippen molar-refractivity contribution >= 4 is 33.1 Å². The highest BCUT2D eigenvalue weighted by Crippen LogP contribution is 2.38. The Morgan fingerprint density at radius 1 is 1.08 bits per heavy atom. The van der Waals surface area contributed by atoms with Crippen LogP contribution in [0.3, 0.4) is 0 Å². The van der Waals surface area contributed by atoms with Crippen molar-refractivity contribution < 1.29 is 9.18 Å². The van der Waals surface area contributed by atoms with Gasteiger partial charge >= 0.3 is 0 Å². The Labute approximate surface area is 154 Å². The van der Waals surface area contributed by atoms with Crippen molar-refractivity contribution in [1.82, 2.24) is 10.4 Å². The van der Waals surface area contributed by atoms with Gasteiger partial charge in [0.1, 0.15) is 5.82 Å². The van der Waals surface area contributed by atoms with Crippen molar-refractivity contribution in [3.05, 3.63) is 71.5 Å². The molecule has 0 spiro atoms. The Morgan fingerprint density at radius 2 is 1.85 bits per heavy atom. The highest BCUT2D eigenvalue weighted by molar-refractivity contribution is 7.18. The van der Waals surface area contributed by atoms with E-state index in [9.17, 15) is 9.18 Å². The van der Waals surface area contributed by atoms with Gasteiger partial charge in [-0.2, -0.15) is 0 Å². The third-order valence-corrected chi connectivity index (χ3v) is 5.74. The molecule has 0 radical (unpaired) electrons. The monoisotopic (exact) mass is 367 g/mol. The molecule has 2 aromatic carbocycles. The standard InChI is InChI=1S/C20H18FN3OS/c21-13-9-11-14(12-10-13)23-24-19(25)15-5-1-2-6-16(15)20-22-17-7-3-4-8-18(17)26-20/h1-4,7-12,15-16,23H,5-6H2,(H,24,25)/t15-,16-/m0/s1. The maximum absolute atomic E-state index is 13.0. The molecule has 1 aliphatic rings. The normalized spacial score (nSPS) is 19.4. The number of rotatable bonds is 4. The van der Waals surface area contributed by atoms with Crippen LogP contribution in [0, 0.1) is 11.7 Å². The number of carbonyl (C=O) groups is 1. The molecule has 0 unspecified atom stereocenters. The van der Waals surface area contributed by atoms with Crippen molar-refractivity contribution in [1.29, 1.82) is 0 Å². The summed E-state index contributed by atoms with van der Waals surface area (Å²) in [5.41, 5.74) is 7.23. The van der Waals surface area contributed by atoms with Crippen molar-refractivity contribution in [3.8, 4) is 0 Å². The minimum atomic E-state index is -0.310. The van der Waals surface area contributed by atoms with Gasteiger partial charge in [0.05, 0.1) is 26.8 Å². The van der Waals surface area contributed by atoms with E-state index >= 15 is 0 Å². The Kier molecular flexibility index (Phi) is 4.67. The van der Waals surface area contributed by atoms with Crippen molar-refractivity contribution in [3.63, 3.8) is 0 Å². The van der Waals surface area contributed by atoms with Crippen LogP contribution >= 0.6 is 11.3 Å². The van der Waals surface area contributed by atoms with Crippen LogP contribution in [0.25, 0.3) is 10.2 Å². The number of fused-ring (bicyclic) bond motifs is 1. The molecule has 6 heteroatoms. The summed E-state index contributed by atoms with van der Waals surface area (Å²) in [4.78, 5) is 17.5. The van der Waals surface area contributed by atoms with Crippen LogP contribution in [0.5, 0.6) is 0 Å². The maximum atomic E-state index is 13.0. The minimum absolute atomic E-state index is 0.0624. The zero-order chi connectivity index (χ0) is 17.9. The molecule has 0 bridgehead atoms. The molecule has 1 aliphatic carbocycles. The average Bonchev–Trinajstić information content (AvgIpc) is 3.11. The smallest absolute Gasteiger partial charge is 0.242 e. The first-order valence-corrected chi connectivity index (χ1v) is 9.34. The molecule has 4 nitrogen and oxygen atoms in total. The number of allylic oxidation sites excluding steroid dienone is 2. The molecule has 3 aromatic rings. The van der Waals surface area contributed by atoms with Gasteiger partial charge in [-0.3, -0.25) is 15.6 Å². The fourth-order valence-electron chi connectivity index (χ4n) is 3.19. The van der Waals surface area contributed by atoms with E-state index in [-0.39, 0.29) is 23.6 Å². The van der Waals surface area contributed by atoms with Crippen LogP contribution in [0.4, 0.5) is 10.1 Å². The van der Waals surface area contributed by atoms with Crippen LogP contribution < -0.4 is 10.9 Å². The highest BCUT2D eigenvalue weighted by atomic mass is 32.1. The molecular formula is C20H18FN3OS. The lowest BCUT2D eigenvalue weighted by Gasteiger charge is -2.26. The summed E-state index contributed by atoms with van der Waals surface area (Å²) in [6.07, 6.45) is 5.64. The van der Waals surface area contributed by atoms with Gasteiger partial charge in [-0.1, -0.05) is 24.3 Å². The summed E-state index contributed by atoms with van der Waals surface area (Å²) in [7, 11) is 0. The second-order valence-electron chi connectivity index (χ2n) is 6.30.